The molecule has 0 saturated heterocycles. The Balaban J connectivity index is 1.15. The minimum atomic E-state index is -0.237. The van der Waals surface area contributed by atoms with Crippen LogP contribution in [-0.2, 0) is 0 Å². The third-order valence-electron chi connectivity index (χ3n) is 16.2. The number of phenolic OH excluding ortho intramolecular Hbond substituents is 4. The molecule has 2 aliphatic heterocycles. The van der Waals surface area contributed by atoms with Crippen LogP contribution in [0, 0.1) is 27.7 Å². The standard InChI is InChI=1S/C76H62N12O8/c1-41-9-17-49(18-10-41)81-85-61-33-45(37-65(93-5)73(61)89)69-53-25-27-55(77-53)70(46-34-62(74(90)66(38-46)94-6)86-82-50-19-11-42(2)12-20-50)57-29-31-59(79-57)72(48-36-64(76(92)68(40-48)96-8)88-84-52-23-15-44(4)16-24-52)60-32-30-58(80-60)71(56-28-26-54(69)78-56)47-35-63(75(91)67(39-47)95-7)87-83-51-21-13-43(3)14-22-51/h9-40,77,80,89-92H,1-8H3. The van der Waals surface area contributed by atoms with Crippen molar-refractivity contribution in [3.8, 4) is 90.5 Å². The van der Waals surface area contributed by atoms with E-state index in [0.29, 0.717) is 112 Å². The quantitative estimate of drug-likeness (QED) is 0.0498. The van der Waals surface area contributed by atoms with Gasteiger partial charge in [-0.25, -0.2) is 9.97 Å². The summed E-state index contributed by atoms with van der Waals surface area (Å²) in [7, 11) is 5.84. The molecular weight excluding hydrogens is 1210 g/mol. The van der Waals surface area contributed by atoms with Crippen LogP contribution < -0.4 is 18.9 Å². The molecule has 6 N–H and O–H groups in total. The number of aromatic amines is 2. The zero-order valence-electron chi connectivity index (χ0n) is 53.4. The van der Waals surface area contributed by atoms with Gasteiger partial charge in [0.2, 0.25) is 0 Å². The van der Waals surface area contributed by atoms with Crippen LogP contribution in [0.3, 0.4) is 0 Å². The predicted octanol–water partition coefficient (Wildman–Crippen LogP) is 21.1. The molecule has 0 amide bonds. The zero-order valence-corrected chi connectivity index (χ0v) is 53.4. The van der Waals surface area contributed by atoms with Crippen LogP contribution in [0.25, 0.3) is 90.9 Å². The lowest BCUT2D eigenvalue weighted by molar-refractivity contribution is 0.374. The summed E-state index contributed by atoms with van der Waals surface area (Å²) in [4.78, 5) is 18.5. The first-order valence-electron chi connectivity index (χ1n) is 30.4. The molecule has 5 heterocycles. The Labute approximate surface area is 551 Å². The average Bonchev–Trinajstić information content (AvgIpc) is 1.75. The molecule has 20 nitrogen and oxygen atoms in total. The predicted molar refractivity (Wildman–Crippen MR) is 375 cm³/mol. The molecule has 3 aromatic heterocycles. The molecule has 0 radical (unpaired) electrons. The molecule has 0 unspecified atom stereocenters. The van der Waals surface area contributed by atoms with Crippen molar-refractivity contribution in [1.82, 2.24) is 19.9 Å². The molecule has 13 rings (SSSR count). The number of aryl methyl sites for hydroxylation is 4. The third-order valence-corrected chi connectivity index (χ3v) is 16.2. The summed E-state index contributed by atoms with van der Waals surface area (Å²) < 4.78 is 23.5. The summed E-state index contributed by atoms with van der Waals surface area (Å²) in [6, 6.07) is 51.4. The summed E-state index contributed by atoms with van der Waals surface area (Å²) in [5, 5.41) is 83.5. The van der Waals surface area contributed by atoms with Gasteiger partial charge in [0.1, 0.15) is 22.7 Å². The SMILES string of the molecule is COc1cc(-c2c3nc(c(-c4cc(N=Nc5ccc(C)cc5)c(O)c(OC)c4)c4ccc([nH]4)c(-c4cc(N=Nc5ccc(C)cc5)c(O)c(OC)c4)c4nc(c(-c5cc(N=Nc6ccc(C)cc6)c(O)c(OC)c5)c5ccc2[nH]5)C=C4)C=C3)cc(N=Nc2ccc(C)cc2)c1O. The highest BCUT2D eigenvalue weighted by molar-refractivity contribution is 6.01. The lowest BCUT2D eigenvalue weighted by Gasteiger charge is -2.12. The first kappa shape index (κ1) is 62.0. The minimum Gasteiger partial charge on any atom is -0.503 e. The molecular formula is C76H62N12O8. The number of nitrogens with zero attached hydrogens (tertiary/aromatic N) is 10. The molecule has 0 saturated carbocycles. The number of azo groups is 4. The normalized spacial score (nSPS) is 12.1. The third kappa shape index (κ3) is 12.6. The Bertz CT molecular complexity index is 4600. The van der Waals surface area contributed by atoms with E-state index in [4.69, 9.17) is 28.9 Å². The number of ether oxygens (including phenoxy) is 4. The second kappa shape index (κ2) is 26.4. The van der Waals surface area contributed by atoms with Gasteiger partial charge in [-0.3, -0.25) is 0 Å². The second-order valence-electron chi connectivity index (χ2n) is 22.8. The topological polar surface area (TPSA) is 274 Å². The highest BCUT2D eigenvalue weighted by Crippen LogP contribution is 2.49. The van der Waals surface area contributed by atoms with E-state index in [0.717, 1.165) is 22.3 Å². The monoisotopic (exact) mass is 1270 g/mol. The number of methoxy groups -OCH3 is 4. The molecule has 11 aromatic rings. The molecule has 8 aromatic carbocycles. The lowest BCUT2D eigenvalue weighted by atomic mass is 10.0. The number of H-pyrrole nitrogens is 2. The summed E-state index contributed by atoms with van der Waals surface area (Å²) in [5.41, 5.74) is 15.2. The van der Waals surface area contributed by atoms with Crippen LogP contribution in [0.4, 0.5) is 45.5 Å². The molecule has 2 aliphatic rings. The first-order chi connectivity index (χ1) is 46.6. The van der Waals surface area contributed by atoms with Crippen LogP contribution in [0.15, 0.2) is 211 Å². The molecule has 20 heteroatoms. The van der Waals surface area contributed by atoms with E-state index in [1.165, 1.54) is 28.4 Å². The minimum absolute atomic E-state index is 0.113. The molecule has 0 atom stereocenters. The molecule has 474 valence electrons. The van der Waals surface area contributed by atoms with E-state index in [9.17, 15) is 20.4 Å². The number of hydrogen-bond acceptors (Lipinski definition) is 18. The number of benzene rings is 8. The Hall–Kier alpha value is -12.8. The van der Waals surface area contributed by atoms with Crippen molar-refractivity contribution < 1.29 is 39.4 Å². The number of phenols is 4. The first-order valence-corrected chi connectivity index (χ1v) is 30.4. The lowest BCUT2D eigenvalue weighted by Crippen LogP contribution is -1.92. The Kier molecular flexibility index (Phi) is 17.1. The van der Waals surface area contributed by atoms with Crippen LogP contribution in [0.5, 0.6) is 46.0 Å². The van der Waals surface area contributed by atoms with E-state index in [-0.39, 0.29) is 68.7 Å². The van der Waals surface area contributed by atoms with Crippen LogP contribution in [0.1, 0.15) is 45.0 Å². The van der Waals surface area contributed by atoms with E-state index < -0.39 is 0 Å². The number of fused-ring (bicyclic) bond motifs is 8. The van der Waals surface area contributed by atoms with Gasteiger partial charge in [0.15, 0.2) is 46.0 Å². The van der Waals surface area contributed by atoms with E-state index >= 15 is 0 Å². The summed E-state index contributed by atoms with van der Waals surface area (Å²) in [6.07, 6.45) is 7.53. The van der Waals surface area contributed by atoms with Gasteiger partial charge in [-0.15, -0.1) is 20.5 Å². The van der Waals surface area contributed by atoms with E-state index in [2.05, 4.69) is 50.9 Å². The molecule has 96 heavy (non-hydrogen) atoms. The second-order valence-corrected chi connectivity index (χ2v) is 22.8. The summed E-state index contributed by atoms with van der Waals surface area (Å²) in [5.74, 6) is -0.495. The van der Waals surface area contributed by atoms with Crippen molar-refractivity contribution in [1.29, 1.82) is 0 Å². The van der Waals surface area contributed by atoms with Crippen LogP contribution in [0.2, 0.25) is 0 Å². The maximum absolute atomic E-state index is 11.8. The van der Waals surface area contributed by atoms with Crippen molar-refractivity contribution >= 4 is 91.9 Å². The van der Waals surface area contributed by atoms with E-state index in [1.807, 2.05) is 173 Å². The fourth-order valence-electron chi connectivity index (χ4n) is 11.2. The molecule has 0 spiro atoms. The van der Waals surface area contributed by atoms with Crippen LogP contribution >= 0.6 is 0 Å². The van der Waals surface area contributed by atoms with Crippen molar-refractivity contribution in [3.05, 3.63) is 215 Å². The highest BCUT2D eigenvalue weighted by Gasteiger charge is 2.25. The summed E-state index contributed by atoms with van der Waals surface area (Å²) >= 11 is 0. The van der Waals surface area contributed by atoms with Gasteiger partial charge in [0.05, 0.1) is 74.0 Å². The van der Waals surface area contributed by atoms with Gasteiger partial charge in [-0.1, -0.05) is 70.8 Å². The van der Waals surface area contributed by atoms with Gasteiger partial charge in [-0.2, -0.15) is 20.5 Å². The smallest absolute Gasteiger partial charge is 0.185 e. The number of aromatic nitrogens is 4. The van der Waals surface area contributed by atoms with Crippen molar-refractivity contribution in [2.24, 2.45) is 40.9 Å². The summed E-state index contributed by atoms with van der Waals surface area (Å²) in [6.45, 7) is 7.92. The number of hydrogen-bond donors (Lipinski definition) is 6. The Morgan fingerprint density at radius 2 is 0.490 bits per heavy atom. The number of aromatic hydroxyl groups is 4. The number of nitrogens with one attached hydrogen (secondary N) is 2. The largest absolute Gasteiger partial charge is 0.503 e. The maximum atomic E-state index is 11.8. The van der Waals surface area contributed by atoms with Crippen molar-refractivity contribution in [3.63, 3.8) is 0 Å². The van der Waals surface area contributed by atoms with Gasteiger partial charge < -0.3 is 49.3 Å². The Morgan fingerprint density at radius 3 is 0.688 bits per heavy atom. The molecule has 0 aliphatic carbocycles. The van der Waals surface area contributed by atoms with Crippen molar-refractivity contribution in [2.75, 3.05) is 28.4 Å². The fraction of sp³-hybridized carbons (Fsp3) is 0.105. The molecule has 8 bridgehead atoms. The van der Waals surface area contributed by atoms with E-state index in [1.54, 1.807) is 48.5 Å². The number of rotatable bonds is 16. The van der Waals surface area contributed by atoms with Crippen molar-refractivity contribution in [2.45, 2.75) is 27.7 Å². The van der Waals surface area contributed by atoms with Gasteiger partial charge in [0, 0.05) is 44.3 Å². The average molecular weight is 1270 g/mol. The van der Waals surface area contributed by atoms with Gasteiger partial charge >= 0.3 is 0 Å². The maximum Gasteiger partial charge on any atom is 0.185 e. The van der Waals surface area contributed by atoms with Crippen LogP contribution in [-0.4, -0.2) is 68.8 Å². The highest BCUT2D eigenvalue weighted by atomic mass is 16.5. The van der Waals surface area contributed by atoms with Gasteiger partial charge in [0.25, 0.3) is 0 Å². The Morgan fingerprint density at radius 1 is 0.281 bits per heavy atom. The molecule has 0 fully saturated rings. The zero-order chi connectivity index (χ0) is 66.7. The van der Waals surface area contributed by atoms with Gasteiger partial charge in [-0.05, 0) is 196 Å². The fourth-order valence-corrected chi connectivity index (χ4v) is 11.2.